The Kier molecular flexibility index (Phi) is 8.72. The molecule has 0 bridgehead atoms. The van der Waals surface area contributed by atoms with Crippen molar-refractivity contribution < 1.29 is 19.1 Å². The van der Waals surface area contributed by atoms with Crippen LogP contribution in [-0.2, 0) is 4.79 Å². The zero-order valence-corrected chi connectivity index (χ0v) is 19.7. The highest BCUT2D eigenvalue weighted by atomic mass is 35.5. The van der Waals surface area contributed by atoms with Crippen LogP contribution in [0.1, 0.15) is 29.3 Å². The van der Waals surface area contributed by atoms with Crippen molar-refractivity contribution in [3.8, 4) is 11.5 Å². The topological polar surface area (TPSA) is 77.0 Å². The Morgan fingerprint density at radius 3 is 2.39 bits per heavy atom. The maximum Gasteiger partial charge on any atom is 0.345 e. The number of benzene rings is 3. The van der Waals surface area contributed by atoms with Gasteiger partial charge in [0.1, 0.15) is 11.5 Å². The number of ether oxygens (including phenoxy) is 2. The first-order valence-electron chi connectivity index (χ1n) is 9.88. The minimum Gasteiger partial charge on any atom is -0.479 e. The molecule has 3 aromatic rings. The van der Waals surface area contributed by atoms with Gasteiger partial charge in [0.15, 0.2) is 6.10 Å². The first-order valence-corrected chi connectivity index (χ1v) is 11.0. The van der Waals surface area contributed by atoms with Gasteiger partial charge in [-0.2, -0.15) is 5.10 Å². The third-order valence-corrected chi connectivity index (χ3v) is 5.26. The predicted molar refractivity (Wildman–Crippen MR) is 130 cm³/mol. The van der Waals surface area contributed by atoms with Crippen molar-refractivity contribution in [1.29, 1.82) is 0 Å². The molecule has 0 aliphatic heterocycles. The summed E-state index contributed by atoms with van der Waals surface area (Å²) in [6.45, 7) is 1.81. The second-order valence-electron chi connectivity index (χ2n) is 6.76. The van der Waals surface area contributed by atoms with Gasteiger partial charge in [0.2, 0.25) is 0 Å². The van der Waals surface area contributed by atoms with Crippen molar-refractivity contribution in [1.82, 2.24) is 5.43 Å². The molecular weight excluding hydrogens is 487 g/mol. The van der Waals surface area contributed by atoms with E-state index in [-0.39, 0.29) is 5.56 Å². The standard InChI is InChI=1S/C24H19Cl3N2O4/c1-2-21(33-22-12-9-16(25)13-20(22)27)23(30)29-28-14-15-7-10-17(11-8-15)32-24(31)18-5-3-4-6-19(18)26/h3-14,21H,2H2,1H3,(H,29,30). The van der Waals surface area contributed by atoms with Gasteiger partial charge in [-0.1, -0.05) is 53.9 Å². The van der Waals surface area contributed by atoms with E-state index in [9.17, 15) is 9.59 Å². The fourth-order valence-corrected chi connectivity index (χ4v) is 3.37. The zero-order valence-electron chi connectivity index (χ0n) is 17.4. The number of amides is 1. The highest BCUT2D eigenvalue weighted by Crippen LogP contribution is 2.28. The molecule has 6 nitrogen and oxygen atoms in total. The maximum absolute atomic E-state index is 12.4. The van der Waals surface area contributed by atoms with Crippen LogP contribution in [0.15, 0.2) is 71.8 Å². The molecule has 0 radical (unpaired) electrons. The average Bonchev–Trinajstić information content (AvgIpc) is 2.80. The Labute approximate surface area is 206 Å². The third kappa shape index (κ3) is 6.96. The van der Waals surface area contributed by atoms with Crippen LogP contribution < -0.4 is 14.9 Å². The molecule has 1 unspecified atom stereocenters. The van der Waals surface area contributed by atoms with Crippen LogP contribution in [0.2, 0.25) is 15.1 Å². The number of nitrogens with zero attached hydrogens (tertiary/aromatic N) is 1. The number of rotatable bonds is 8. The van der Waals surface area contributed by atoms with E-state index in [2.05, 4.69) is 10.5 Å². The lowest BCUT2D eigenvalue weighted by molar-refractivity contribution is -0.128. The molecule has 3 rings (SSSR count). The van der Waals surface area contributed by atoms with Crippen molar-refractivity contribution in [3.63, 3.8) is 0 Å². The lowest BCUT2D eigenvalue weighted by atomic mass is 10.2. The molecule has 1 N–H and O–H groups in total. The van der Waals surface area contributed by atoms with Gasteiger partial charge < -0.3 is 9.47 Å². The number of hydrogen-bond donors (Lipinski definition) is 1. The summed E-state index contributed by atoms with van der Waals surface area (Å²) in [5, 5.41) is 5.05. The molecule has 0 saturated heterocycles. The summed E-state index contributed by atoms with van der Waals surface area (Å²) < 4.78 is 11.0. The quantitative estimate of drug-likeness (QED) is 0.172. The summed E-state index contributed by atoms with van der Waals surface area (Å²) in [6, 6.07) is 18.0. The van der Waals surface area contributed by atoms with Gasteiger partial charge in [-0.25, -0.2) is 10.2 Å². The van der Waals surface area contributed by atoms with E-state index < -0.39 is 18.0 Å². The fourth-order valence-electron chi connectivity index (χ4n) is 2.70. The van der Waals surface area contributed by atoms with Crippen LogP contribution in [0, 0.1) is 0 Å². The second kappa shape index (κ2) is 11.7. The van der Waals surface area contributed by atoms with Gasteiger partial charge in [0.25, 0.3) is 5.91 Å². The van der Waals surface area contributed by atoms with Gasteiger partial charge in [0.05, 0.1) is 21.8 Å². The summed E-state index contributed by atoms with van der Waals surface area (Å²) in [4.78, 5) is 24.6. The Bertz CT molecular complexity index is 1170. The monoisotopic (exact) mass is 504 g/mol. The minimum absolute atomic E-state index is 0.278. The van der Waals surface area contributed by atoms with Crippen molar-refractivity contribution in [3.05, 3.63) is 92.9 Å². The molecule has 0 aromatic heterocycles. The molecule has 0 saturated carbocycles. The Morgan fingerprint density at radius 1 is 1.00 bits per heavy atom. The van der Waals surface area contributed by atoms with Gasteiger partial charge in [-0.05, 0) is 66.6 Å². The lowest BCUT2D eigenvalue weighted by Crippen LogP contribution is -2.35. The Balaban J connectivity index is 1.55. The smallest absolute Gasteiger partial charge is 0.345 e. The van der Waals surface area contributed by atoms with Crippen LogP contribution in [0.3, 0.4) is 0 Å². The van der Waals surface area contributed by atoms with E-state index in [1.165, 1.54) is 12.3 Å². The van der Waals surface area contributed by atoms with E-state index in [1.54, 1.807) is 67.6 Å². The van der Waals surface area contributed by atoms with Crippen molar-refractivity contribution >= 4 is 52.9 Å². The first kappa shape index (κ1) is 24.6. The minimum atomic E-state index is -0.785. The van der Waals surface area contributed by atoms with Gasteiger partial charge in [0, 0.05) is 5.02 Å². The van der Waals surface area contributed by atoms with Crippen LogP contribution >= 0.6 is 34.8 Å². The second-order valence-corrected chi connectivity index (χ2v) is 8.01. The molecule has 0 spiro atoms. The van der Waals surface area contributed by atoms with Crippen LogP contribution in [0.25, 0.3) is 0 Å². The Hall–Kier alpha value is -3.06. The number of carbonyl (C=O) groups excluding carboxylic acids is 2. The van der Waals surface area contributed by atoms with Crippen molar-refractivity contribution in [2.45, 2.75) is 19.4 Å². The van der Waals surface area contributed by atoms with E-state index in [0.717, 1.165) is 0 Å². The fraction of sp³-hybridized carbons (Fsp3) is 0.125. The summed E-state index contributed by atoms with van der Waals surface area (Å²) in [6.07, 6.45) is 1.08. The van der Waals surface area contributed by atoms with Crippen LogP contribution in [0.5, 0.6) is 11.5 Å². The van der Waals surface area contributed by atoms with E-state index >= 15 is 0 Å². The number of carbonyl (C=O) groups is 2. The van der Waals surface area contributed by atoms with Gasteiger partial charge >= 0.3 is 5.97 Å². The summed E-state index contributed by atoms with van der Waals surface area (Å²) in [7, 11) is 0. The largest absolute Gasteiger partial charge is 0.479 e. The zero-order chi connectivity index (χ0) is 23.8. The molecule has 0 fully saturated rings. The number of halogens is 3. The normalized spacial score (nSPS) is 11.8. The Morgan fingerprint density at radius 2 is 1.73 bits per heavy atom. The number of esters is 1. The van der Waals surface area contributed by atoms with Gasteiger partial charge in [-0.3, -0.25) is 4.79 Å². The summed E-state index contributed by atoms with van der Waals surface area (Å²) in [5.41, 5.74) is 3.40. The molecule has 0 heterocycles. The SMILES string of the molecule is CCC(Oc1ccc(Cl)cc1Cl)C(=O)NN=Cc1ccc(OC(=O)c2ccccc2Cl)cc1. The molecule has 1 amide bonds. The lowest BCUT2D eigenvalue weighted by Gasteiger charge is -2.16. The van der Waals surface area contributed by atoms with Crippen molar-refractivity contribution in [2.24, 2.45) is 5.10 Å². The van der Waals surface area contributed by atoms with Crippen LogP contribution in [-0.4, -0.2) is 24.2 Å². The summed E-state index contributed by atoms with van der Waals surface area (Å²) in [5.74, 6) is -0.278. The highest BCUT2D eigenvalue weighted by Gasteiger charge is 2.19. The molecule has 1 atom stereocenters. The summed E-state index contributed by atoms with van der Waals surface area (Å²) >= 11 is 18.0. The third-order valence-electron chi connectivity index (χ3n) is 4.40. The molecular formula is C24H19Cl3N2O4. The van der Waals surface area contributed by atoms with Crippen LogP contribution in [0.4, 0.5) is 0 Å². The number of nitrogens with one attached hydrogen (secondary N) is 1. The van der Waals surface area contributed by atoms with E-state index in [4.69, 9.17) is 44.3 Å². The number of hydrogen-bond acceptors (Lipinski definition) is 5. The van der Waals surface area contributed by atoms with E-state index in [1.807, 2.05) is 0 Å². The first-order chi connectivity index (χ1) is 15.9. The molecule has 3 aromatic carbocycles. The van der Waals surface area contributed by atoms with E-state index in [0.29, 0.717) is 38.6 Å². The van der Waals surface area contributed by atoms with Crippen molar-refractivity contribution in [2.75, 3.05) is 0 Å². The molecule has 0 aliphatic rings. The predicted octanol–water partition coefficient (Wildman–Crippen LogP) is 6.17. The molecule has 9 heteroatoms. The number of hydrazone groups is 1. The van der Waals surface area contributed by atoms with Gasteiger partial charge in [-0.15, -0.1) is 0 Å². The maximum atomic E-state index is 12.4. The molecule has 0 aliphatic carbocycles. The highest BCUT2D eigenvalue weighted by molar-refractivity contribution is 6.35. The average molecular weight is 506 g/mol. The molecule has 33 heavy (non-hydrogen) atoms. The molecule has 170 valence electrons.